The predicted molar refractivity (Wildman–Crippen MR) is 75.4 cm³/mol. The minimum atomic E-state index is -4.45. The third kappa shape index (κ3) is 4.01. The Morgan fingerprint density at radius 1 is 1.32 bits per heavy atom. The topological polar surface area (TPSA) is 59.3 Å². The molecule has 9 heteroatoms. The highest BCUT2D eigenvalue weighted by molar-refractivity contribution is 7.09. The Morgan fingerprint density at radius 2 is 2.00 bits per heavy atom. The Labute approximate surface area is 128 Å². The monoisotopic (exact) mass is 331 g/mol. The quantitative estimate of drug-likeness (QED) is 0.619. The van der Waals surface area contributed by atoms with E-state index in [-0.39, 0.29) is 18.8 Å². The maximum absolute atomic E-state index is 12.5. The Balaban J connectivity index is 2.06. The number of nitro groups is 1. The molecule has 0 saturated heterocycles. The van der Waals surface area contributed by atoms with Crippen LogP contribution in [-0.4, -0.2) is 21.9 Å². The van der Waals surface area contributed by atoms with Crippen LogP contribution in [0.1, 0.15) is 16.3 Å². The number of aromatic nitrogens is 1. The fourth-order valence-electron chi connectivity index (χ4n) is 1.91. The summed E-state index contributed by atoms with van der Waals surface area (Å²) in [5, 5.41) is 12.2. The molecule has 0 saturated carbocycles. The van der Waals surface area contributed by atoms with Gasteiger partial charge < -0.3 is 0 Å². The van der Waals surface area contributed by atoms with E-state index in [1.807, 2.05) is 0 Å². The summed E-state index contributed by atoms with van der Waals surface area (Å²) in [7, 11) is 1.67. The molecular formula is C13H12F3N3O2S. The predicted octanol–water partition coefficient (Wildman–Crippen LogP) is 3.70. The summed E-state index contributed by atoms with van der Waals surface area (Å²) in [5.74, 6) is 0. The maximum atomic E-state index is 12.5. The molecular weight excluding hydrogens is 319 g/mol. The highest BCUT2D eigenvalue weighted by Gasteiger charge is 2.33. The molecule has 0 amide bonds. The molecule has 0 unspecified atom stereocenters. The number of rotatable bonds is 5. The summed E-state index contributed by atoms with van der Waals surface area (Å²) in [6.07, 6.45) is -4.45. The van der Waals surface area contributed by atoms with Crippen molar-refractivity contribution in [1.82, 2.24) is 9.88 Å². The summed E-state index contributed by atoms with van der Waals surface area (Å²) in [4.78, 5) is 15.7. The zero-order chi connectivity index (χ0) is 16.3. The molecule has 0 bridgehead atoms. The number of nitrogens with zero attached hydrogens (tertiary/aromatic N) is 3. The smallest absolute Gasteiger partial charge is 0.295 e. The van der Waals surface area contributed by atoms with Crippen LogP contribution in [0.5, 0.6) is 0 Å². The molecule has 1 aromatic carbocycles. The molecule has 0 N–H and O–H groups in total. The van der Waals surface area contributed by atoms with Crippen LogP contribution in [-0.2, 0) is 19.3 Å². The lowest BCUT2D eigenvalue weighted by Gasteiger charge is -2.15. The van der Waals surface area contributed by atoms with E-state index >= 15 is 0 Å². The zero-order valence-electron chi connectivity index (χ0n) is 11.5. The second-order valence-electron chi connectivity index (χ2n) is 4.68. The van der Waals surface area contributed by atoms with Gasteiger partial charge >= 0.3 is 6.18 Å². The van der Waals surface area contributed by atoms with Gasteiger partial charge in [-0.25, -0.2) is 4.98 Å². The highest BCUT2D eigenvalue weighted by Crippen LogP contribution is 2.30. The van der Waals surface area contributed by atoms with Crippen molar-refractivity contribution in [3.05, 3.63) is 56.0 Å². The van der Waals surface area contributed by atoms with Gasteiger partial charge in [0.05, 0.1) is 11.5 Å². The number of hydrogen-bond donors (Lipinski definition) is 0. The summed E-state index contributed by atoms with van der Waals surface area (Å²) in [5.41, 5.74) is -0.418. The zero-order valence-corrected chi connectivity index (χ0v) is 12.3. The fraction of sp³-hybridized carbons (Fsp3) is 0.308. The minimum absolute atomic E-state index is 0.00975. The van der Waals surface area contributed by atoms with Crippen LogP contribution in [0.2, 0.25) is 0 Å². The molecule has 0 radical (unpaired) electrons. The van der Waals surface area contributed by atoms with E-state index in [9.17, 15) is 23.3 Å². The van der Waals surface area contributed by atoms with E-state index < -0.39 is 16.8 Å². The molecule has 118 valence electrons. The van der Waals surface area contributed by atoms with Gasteiger partial charge in [0, 0.05) is 23.6 Å². The summed E-state index contributed by atoms with van der Waals surface area (Å²) < 4.78 is 37.4. The molecule has 0 spiro atoms. The Hall–Kier alpha value is -2.00. The van der Waals surface area contributed by atoms with E-state index in [1.54, 1.807) is 30.1 Å². The van der Waals surface area contributed by atoms with Crippen molar-refractivity contribution in [3.8, 4) is 0 Å². The molecule has 2 aromatic rings. The van der Waals surface area contributed by atoms with Gasteiger partial charge in [0.25, 0.3) is 5.69 Å². The Morgan fingerprint density at radius 3 is 2.59 bits per heavy atom. The van der Waals surface area contributed by atoms with E-state index in [0.29, 0.717) is 10.6 Å². The third-order valence-corrected chi connectivity index (χ3v) is 3.71. The third-order valence-electron chi connectivity index (χ3n) is 2.88. The normalized spacial score (nSPS) is 11.9. The average Bonchev–Trinajstić information content (AvgIpc) is 2.87. The maximum Gasteiger partial charge on any atom is 0.434 e. The second kappa shape index (κ2) is 6.41. The van der Waals surface area contributed by atoms with Crippen molar-refractivity contribution < 1.29 is 18.1 Å². The van der Waals surface area contributed by atoms with Crippen molar-refractivity contribution >= 4 is 17.0 Å². The van der Waals surface area contributed by atoms with Crippen LogP contribution in [0, 0.1) is 10.1 Å². The molecule has 0 aliphatic rings. The van der Waals surface area contributed by atoms with Gasteiger partial charge in [0.15, 0.2) is 5.69 Å². The Kier molecular flexibility index (Phi) is 4.77. The van der Waals surface area contributed by atoms with Gasteiger partial charge in [-0.15, -0.1) is 11.3 Å². The number of benzene rings is 1. The SMILES string of the molecule is CN(Cc1nc(C(F)(F)F)cs1)Cc1ccccc1[N+](=O)[O-]. The van der Waals surface area contributed by atoms with Crippen molar-refractivity contribution in [1.29, 1.82) is 0 Å². The molecule has 0 atom stereocenters. The average molecular weight is 331 g/mol. The number of hydrogen-bond acceptors (Lipinski definition) is 5. The van der Waals surface area contributed by atoms with Gasteiger partial charge in [-0.2, -0.15) is 13.2 Å². The molecule has 0 aliphatic carbocycles. The lowest BCUT2D eigenvalue weighted by molar-refractivity contribution is -0.385. The number of nitro benzene ring substituents is 1. The first kappa shape index (κ1) is 16.4. The molecule has 2 rings (SSSR count). The van der Waals surface area contributed by atoms with Gasteiger partial charge in [0.2, 0.25) is 0 Å². The van der Waals surface area contributed by atoms with Gasteiger partial charge in [-0.3, -0.25) is 15.0 Å². The van der Waals surface area contributed by atoms with Crippen LogP contribution >= 0.6 is 11.3 Å². The Bertz CT molecular complexity index is 673. The van der Waals surface area contributed by atoms with Gasteiger partial charge in [-0.1, -0.05) is 18.2 Å². The molecule has 22 heavy (non-hydrogen) atoms. The van der Waals surface area contributed by atoms with Gasteiger partial charge in [0.1, 0.15) is 5.01 Å². The van der Waals surface area contributed by atoms with Crippen LogP contribution in [0.25, 0.3) is 0 Å². The van der Waals surface area contributed by atoms with E-state index in [2.05, 4.69) is 4.98 Å². The highest BCUT2D eigenvalue weighted by atomic mass is 32.1. The fourth-order valence-corrected chi connectivity index (χ4v) is 2.79. The van der Waals surface area contributed by atoms with Crippen molar-refractivity contribution in [2.75, 3.05) is 7.05 Å². The van der Waals surface area contributed by atoms with Crippen LogP contribution in [0.15, 0.2) is 29.6 Å². The molecule has 1 aromatic heterocycles. The largest absolute Gasteiger partial charge is 0.434 e. The first-order chi connectivity index (χ1) is 10.3. The molecule has 0 fully saturated rings. The molecule has 0 aliphatic heterocycles. The molecule has 1 heterocycles. The summed E-state index contributed by atoms with van der Waals surface area (Å²) >= 11 is 0.919. The summed E-state index contributed by atoms with van der Waals surface area (Å²) in [6, 6.07) is 6.27. The molecule has 5 nitrogen and oxygen atoms in total. The first-order valence-electron chi connectivity index (χ1n) is 6.20. The summed E-state index contributed by atoms with van der Waals surface area (Å²) in [6.45, 7) is 0.435. The van der Waals surface area contributed by atoms with Crippen LogP contribution in [0.4, 0.5) is 18.9 Å². The lowest BCUT2D eigenvalue weighted by atomic mass is 10.1. The lowest BCUT2D eigenvalue weighted by Crippen LogP contribution is -2.18. The van der Waals surface area contributed by atoms with E-state index in [0.717, 1.165) is 16.7 Å². The van der Waals surface area contributed by atoms with E-state index in [1.165, 1.54) is 6.07 Å². The number of halogens is 3. The number of alkyl halides is 3. The van der Waals surface area contributed by atoms with Crippen molar-refractivity contribution in [3.63, 3.8) is 0 Å². The minimum Gasteiger partial charge on any atom is -0.295 e. The van der Waals surface area contributed by atoms with Crippen LogP contribution in [0.3, 0.4) is 0 Å². The standard InChI is InChI=1S/C13H12F3N3O2S/c1-18(6-9-4-2-3-5-10(9)19(20)21)7-12-17-11(8-22-12)13(14,15)16/h2-5,8H,6-7H2,1H3. The van der Waals surface area contributed by atoms with Crippen LogP contribution < -0.4 is 0 Å². The number of thiazole rings is 1. The van der Waals surface area contributed by atoms with Gasteiger partial charge in [-0.05, 0) is 7.05 Å². The first-order valence-corrected chi connectivity index (χ1v) is 7.08. The van der Waals surface area contributed by atoms with Crippen molar-refractivity contribution in [2.24, 2.45) is 0 Å². The van der Waals surface area contributed by atoms with E-state index in [4.69, 9.17) is 0 Å². The second-order valence-corrected chi connectivity index (χ2v) is 5.63. The number of para-hydroxylation sites is 1. The van der Waals surface area contributed by atoms with Crippen molar-refractivity contribution in [2.45, 2.75) is 19.3 Å².